The van der Waals surface area contributed by atoms with E-state index in [4.69, 9.17) is 20.4 Å². The van der Waals surface area contributed by atoms with Gasteiger partial charge in [-0.2, -0.15) is 0 Å². The van der Waals surface area contributed by atoms with Crippen LogP contribution in [0, 0.1) is 0 Å². The summed E-state index contributed by atoms with van der Waals surface area (Å²) in [6.07, 6.45) is -4.53. The maximum atomic E-state index is 9.77. The third kappa shape index (κ3) is 6.53. The Morgan fingerprint density at radius 2 is 1.17 bits per heavy atom. The van der Waals surface area contributed by atoms with Crippen LogP contribution in [0.3, 0.4) is 0 Å². The average Bonchev–Trinajstić information content (AvgIpc) is 1.84. The summed E-state index contributed by atoms with van der Waals surface area (Å²) < 4.78 is 0. The fourth-order valence-electron chi connectivity index (χ4n) is 0.270. The summed E-state index contributed by atoms with van der Waals surface area (Å²) in [5, 5.41) is 32.5. The molecule has 0 aromatic heterocycles. The minimum Gasteiger partial charge on any atom is -1.00 e. The fourth-order valence-corrected chi connectivity index (χ4v) is 0.270. The third-order valence-corrected chi connectivity index (χ3v) is 0.805. The molecule has 0 spiro atoms. The molecule has 12 heavy (non-hydrogen) atoms. The molecule has 0 rings (SSSR count). The Hall–Kier alpha value is 1.03. The monoisotopic (exact) mass is 242 g/mol. The van der Waals surface area contributed by atoms with E-state index >= 15 is 0 Å². The van der Waals surface area contributed by atoms with Gasteiger partial charge in [0.2, 0.25) is 0 Å². The van der Waals surface area contributed by atoms with E-state index in [-0.39, 0.29) is 70.2 Å². The van der Waals surface area contributed by atoms with Crippen molar-refractivity contribution in [3.8, 4) is 0 Å². The quantitative estimate of drug-likeness (QED) is 0.368. The summed E-state index contributed by atoms with van der Waals surface area (Å²) in [5.74, 6) is -3.54. The van der Waals surface area contributed by atoms with Crippen molar-refractivity contribution < 1.29 is 100 Å². The first-order valence-corrected chi connectivity index (χ1v) is 2.28. The Bertz CT molecular complexity index is 149. The molecule has 0 bridgehead atoms. The molecule has 6 nitrogen and oxygen atoms in total. The van der Waals surface area contributed by atoms with Crippen LogP contribution in [0.25, 0.3) is 0 Å². The van der Waals surface area contributed by atoms with E-state index in [1.54, 1.807) is 0 Å². The summed E-state index contributed by atoms with van der Waals surface area (Å²) in [6, 6.07) is 0. The molecular weight excluding hydrogens is 235 g/mol. The van der Waals surface area contributed by atoms with Gasteiger partial charge in [0, 0.05) is 17.4 Å². The summed E-state index contributed by atoms with van der Waals surface area (Å²) in [6.45, 7) is 0. The molecule has 4 N–H and O–H groups in total. The van der Waals surface area contributed by atoms with Crippen LogP contribution in [0.5, 0.6) is 0 Å². The minimum absolute atomic E-state index is 0. The van der Waals surface area contributed by atoms with Crippen molar-refractivity contribution in [1.82, 2.24) is 0 Å². The van der Waals surface area contributed by atoms with Crippen molar-refractivity contribution in [2.75, 3.05) is 0 Å². The number of carboxylic acid groups (broad SMARTS) is 2. The van der Waals surface area contributed by atoms with Gasteiger partial charge in [-0.05, 0) is 0 Å². The Morgan fingerprint density at radius 1 is 1.00 bits per heavy atom. The number of rotatable bonds is 3. The normalized spacial score (nSPS) is 13.2. The SMILES string of the molecule is O=C(O)C(O)C(O)C(=O)O.[Cr].[H-].[K+]. The van der Waals surface area contributed by atoms with Gasteiger partial charge in [0.25, 0.3) is 0 Å². The number of carbonyl (C=O) groups is 2. The van der Waals surface area contributed by atoms with Gasteiger partial charge in [-0.25, -0.2) is 9.59 Å². The van der Waals surface area contributed by atoms with Gasteiger partial charge in [0.05, 0.1) is 0 Å². The molecule has 0 amide bonds. The first-order chi connectivity index (χ1) is 4.46. The molecule has 0 heterocycles. The second-order valence-corrected chi connectivity index (χ2v) is 1.57. The van der Waals surface area contributed by atoms with Crippen LogP contribution in [-0.4, -0.2) is 44.6 Å². The van der Waals surface area contributed by atoms with Crippen molar-refractivity contribution in [2.45, 2.75) is 12.2 Å². The molecule has 2 atom stereocenters. The van der Waals surface area contributed by atoms with Crippen molar-refractivity contribution in [2.24, 2.45) is 0 Å². The zero-order valence-electron chi connectivity index (χ0n) is 7.17. The molecule has 0 saturated heterocycles. The molecule has 0 aliphatic rings. The van der Waals surface area contributed by atoms with Crippen molar-refractivity contribution in [1.29, 1.82) is 0 Å². The van der Waals surface area contributed by atoms with E-state index in [1.165, 1.54) is 0 Å². The molecule has 0 fully saturated rings. The van der Waals surface area contributed by atoms with E-state index in [0.29, 0.717) is 0 Å². The number of aliphatic carboxylic acids is 2. The molecule has 8 heteroatoms. The smallest absolute Gasteiger partial charge is 1.00 e. The van der Waals surface area contributed by atoms with Crippen LogP contribution < -0.4 is 51.4 Å². The zero-order valence-corrected chi connectivity index (χ0v) is 10.6. The first-order valence-electron chi connectivity index (χ1n) is 2.28. The van der Waals surface area contributed by atoms with Crippen LogP contribution in [0.1, 0.15) is 1.43 Å². The van der Waals surface area contributed by atoms with Gasteiger partial charge in [0.15, 0.2) is 12.2 Å². The number of aliphatic hydroxyl groups excluding tert-OH is 2. The summed E-state index contributed by atoms with van der Waals surface area (Å²) in [4.78, 5) is 19.5. The van der Waals surface area contributed by atoms with E-state index < -0.39 is 24.1 Å². The molecule has 66 valence electrons. The molecule has 0 aliphatic heterocycles. The Morgan fingerprint density at radius 3 is 1.25 bits per heavy atom. The summed E-state index contributed by atoms with van der Waals surface area (Å²) in [7, 11) is 0. The first kappa shape index (κ1) is 18.7. The van der Waals surface area contributed by atoms with E-state index in [9.17, 15) is 9.59 Å². The van der Waals surface area contributed by atoms with Crippen molar-refractivity contribution in [3.63, 3.8) is 0 Å². The molecule has 0 aliphatic carbocycles. The average molecular weight is 242 g/mol. The number of hydrogen-bond acceptors (Lipinski definition) is 4. The van der Waals surface area contributed by atoms with Crippen LogP contribution >= 0.6 is 0 Å². The van der Waals surface area contributed by atoms with Gasteiger partial charge in [-0.15, -0.1) is 0 Å². The molecule has 0 aromatic carbocycles. The predicted octanol–water partition coefficient (Wildman–Crippen LogP) is -5.01. The second-order valence-electron chi connectivity index (χ2n) is 1.57. The molecule has 0 radical (unpaired) electrons. The molecule has 0 aromatic rings. The van der Waals surface area contributed by atoms with E-state index in [0.717, 1.165) is 0 Å². The zero-order chi connectivity index (χ0) is 8.31. The van der Waals surface area contributed by atoms with Crippen LogP contribution in [0.15, 0.2) is 0 Å². The van der Waals surface area contributed by atoms with Gasteiger partial charge in [0.1, 0.15) is 0 Å². The van der Waals surface area contributed by atoms with Crippen LogP contribution in [0.4, 0.5) is 0 Å². The third-order valence-electron chi connectivity index (χ3n) is 0.805. The fraction of sp³-hybridized carbons (Fsp3) is 0.500. The van der Waals surface area contributed by atoms with Gasteiger partial charge < -0.3 is 21.9 Å². The minimum atomic E-state index is -2.27. The van der Waals surface area contributed by atoms with E-state index in [1.807, 2.05) is 0 Å². The van der Waals surface area contributed by atoms with E-state index in [2.05, 4.69) is 0 Å². The predicted molar refractivity (Wildman–Crippen MR) is 28.4 cm³/mol. The maximum Gasteiger partial charge on any atom is 1.00 e. The Balaban J connectivity index is -0.000000135. The van der Waals surface area contributed by atoms with Crippen LogP contribution in [0.2, 0.25) is 0 Å². The van der Waals surface area contributed by atoms with Gasteiger partial charge in [-0.3, -0.25) is 0 Å². The Kier molecular flexibility index (Phi) is 13.5. The van der Waals surface area contributed by atoms with Gasteiger partial charge in [-0.1, -0.05) is 0 Å². The second kappa shape index (κ2) is 8.62. The topological polar surface area (TPSA) is 115 Å². The Labute approximate surface area is 123 Å². The largest absolute Gasteiger partial charge is 1.00 e. The maximum absolute atomic E-state index is 9.77. The standard InChI is InChI=1S/C4H6O6.Cr.K.H/c5-1(3(7)8)2(6)4(9)10;;;/h1-2,5-6H,(H,7,8)(H,9,10);;;/q;;+1;-1. The van der Waals surface area contributed by atoms with Crippen molar-refractivity contribution in [3.05, 3.63) is 0 Å². The molecule has 0 saturated carbocycles. The number of hydrogen-bond donors (Lipinski definition) is 4. The molecule has 2 unspecified atom stereocenters. The van der Waals surface area contributed by atoms with Crippen molar-refractivity contribution >= 4 is 11.9 Å². The van der Waals surface area contributed by atoms with Gasteiger partial charge >= 0.3 is 63.3 Å². The molecular formula is C4H7CrKO6. The number of aliphatic hydroxyl groups is 2. The van der Waals surface area contributed by atoms with Crippen LogP contribution in [-0.2, 0) is 27.0 Å². The summed E-state index contributed by atoms with van der Waals surface area (Å²) in [5.41, 5.74) is 0. The number of carboxylic acids is 2. The summed E-state index contributed by atoms with van der Waals surface area (Å²) >= 11 is 0.